The molecule has 5 nitrogen and oxygen atoms in total. The molecule has 1 aliphatic rings. The summed E-state index contributed by atoms with van der Waals surface area (Å²) < 4.78 is 49.4. The van der Waals surface area contributed by atoms with Gasteiger partial charge in [0.1, 0.15) is 11.5 Å². The van der Waals surface area contributed by atoms with E-state index in [2.05, 4.69) is 0 Å². The minimum absolute atomic E-state index is 0.0752. The van der Waals surface area contributed by atoms with Gasteiger partial charge in [0, 0.05) is 11.6 Å². The lowest BCUT2D eigenvalue weighted by Gasteiger charge is -2.07. The van der Waals surface area contributed by atoms with E-state index in [0.29, 0.717) is 0 Å². The van der Waals surface area contributed by atoms with Crippen LogP contribution in [-0.4, -0.2) is 16.0 Å². The Balaban J connectivity index is 1.65. The highest BCUT2D eigenvalue weighted by Gasteiger charge is 2.32. The zero-order valence-corrected chi connectivity index (χ0v) is 13.9. The van der Waals surface area contributed by atoms with Crippen LogP contribution in [-0.2, 0) is 6.18 Å². The molecular weight excluding hydrogens is 377 g/mol. The topological polar surface area (TPSA) is 79.9 Å². The maximum atomic E-state index is 12.9. The highest BCUT2D eigenvalue weighted by Crippen LogP contribution is 2.44. The number of fused-ring (bicyclic) bond motifs is 1. The van der Waals surface area contributed by atoms with Gasteiger partial charge in [-0.15, -0.1) is 0 Å². The Hall–Kier alpha value is -3.68. The normalized spacial score (nSPS) is 15.0. The van der Waals surface area contributed by atoms with Crippen LogP contribution in [0.1, 0.15) is 21.7 Å². The van der Waals surface area contributed by atoms with Crippen molar-refractivity contribution in [3.8, 4) is 28.6 Å². The molecule has 0 radical (unpaired) electrons. The van der Waals surface area contributed by atoms with Crippen LogP contribution < -0.4 is 4.74 Å². The first-order chi connectivity index (χ1) is 13.2. The summed E-state index contributed by atoms with van der Waals surface area (Å²) >= 11 is 0. The molecular formula is C20H11F3O5. The van der Waals surface area contributed by atoms with Crippen molar-refractivity contribution < 1.29 is 37.3 Å². The molecule has 0 amide bonds. The van der Waals surface area contributed by atoms with Gasteiger partial charge in [0.05, 0.1) is 11.1 Å². The minimum atomic E-state index is -4.48. The van der Waals surface area contributed by atoms with Gasteiger partial charge < -0.3 is 19.4 Å². The van der Waals surface area contributed by atoms with Gasteiger partial charge >= 0.3 is 6.18 Å². The Kier molecular flexibility index (Phi) is 3.92. The quantitative estimate of drug-likeness (QED) is 0.477. The van der Waals surface area contributed by atoms with Gasteiger partial charge in [0.2, 0.25) is 11.5 Å². The number of aromatic hydroxyl groups is 2. The van der Waals surface area contributed by atoms with E-state index < -0.39 is 29.0 Å². The molecule has 0 atom stereocenters. The first-order valence-electron chi connectivity index (χ1n) is 8.00. The molecule has 0 unspecified atom stereocenters. The van der Waals surface area contributed by atoms with Crippen molar-refractivity contribution in [3.05, 3.63) is 71.2 Å². The smallest absolute Gasteiger partial charge is 0.416 e. The first-order valence-corrected chi connectivity index (χ1v) is 8.00. The summed E-state index contributed by atoms with van der Waals surface area (Å²) in [5.41, 5.74) is -0.503. The van der Waals surface area contributed by atoms with Crippen LogP contribution in [0.2, 0.25) is 0 Å². The number of alkyl halides is 3. The average Bonchev–Trinajstić information content (AvgIpc) is 3.24. The lowest BCUT2D eigenvalue weighted by molar-refractivity contribution is -0.137. The number of ketones is 1. The molecule has 0 spiro atoms. The van der Waals surface area contributed by atoms with Gasteiger partial charge in [-0.05, 0) is 36.4 Å². The molecule has 2 N–H and O–H groups in total. The molecule has 0 fully saturated rings. The van der Waals surface area contributed by atoms with Crippen LogP contribution in [0.4, 0.5) is 13.2 Å². The minimum Gasteiger partial charge on any atom is -0.504 e. The van der Waals surface area contributed by atoms with Crippen molar-refractivity contribution in [2.24, 2.45) is 0 Å². The SMILES string of the molecule is O=C1C(=Cc2ccc(-c3cccc(C(F)(F)F)c3)o2)Oc2c1ccc(O)c2O. The van der Waals surface area contributed by atoms with E-state index in [0.717, 1.165) is 18.2 Å². The van der Waals surface area contributed by atoms with Crippen LogP contribution in [0.25, 0.3) is 17.4 Å². The lowest BCUT2D eigenvalue weighted by atomic mass is 10.1. The second-order valence-corrected chi connectivity index (χ2v) is 6.03. The molecule has 28 heavy (non-hydrogen) atoms. The van der Waals surface area contributed by atoms with E-state index in [1.165, 1.54) is 36.4 Å². The number of benzene rings is 2. The molecule has 2 aromatic carbocycles. The fraction of sp³-hybridized carbons (Fsp3) is 0.0500. The summed E-state index contributed by atoms with van der Waals surface area (Å²) in [7, 11) is 0. The van der Waals surface area contributed by atoms with Gasteiger partial charge in [-0.1, -0.05) is 12.1 Å². The number of carbonyl (C=O) groups excluding carboxylic acids is 1. The predicted octanol–water partition coefficient (Wildman–Crippen LogP) is 4.99. The van der Waals surface area contributed by atoms with Gasteiger partial charge in [-0.2, -0.15) is 13.2 Å². The number of allylic oxidation sites excluding steroid dienone is 1. The number of rotatable bonds is 2. The number of carbonyl (C=O) groups is 1. The van der Waals surface area contributed by atoms with Crippen LogP contribution in [0.15, 0.2) is 58.7 Å². The van der Waals surface area contributed by atoms with Gasteiger partial charge in [0.15, 0.2) is 17.3 Å². The summed E-state index contributed by atoms with van der Waals surface area (Å²) in [5.74, 6) is -1.48. The molecule has 142 valence electrons. The van der Waals surface area contributed by atoms with Crippen molar-refractivity contribution >= 4 is 11.9 Å². The number of Topliss-reactive ketones (excluding diaryl/α,β-unsaturated/α-hetero) is 1. The third kappa shape index (κ3) is 2.98. The largest absolute Gasteiger partial charge is 0.504 e. The predicted molar refractivity (Wildman–Crippen MR) is 91.9 cm³/mol. The third-order valence-electron chi connectivity index (χ3n) is 4.17. The Bertz CT molecular complexity index is 1130. The molecule has 1 aliphatic heterocycles. The molecule has 4 rings (SSSR count). The molecule has 0 aliphatic carbocycles. The number of furan rings is 1. The Morgan fingerprint density at radius 3 is 2.54 bits per heavy atom. The number of ether oxygens (including phenoxy) is 1. The highest BCUT2D eigenvalue weighted by atomic mass is 19.4. The second-order valence-electron chi connectivity index (χ2n) is 6.03. The number of phenolic OH excluding ortho intramolecular Hbond substituents is 2. The van der Waals surface area contributed by atoms with E-state index >= 15 is 0 Å². The lowest BCUT2D eigenvalue weighted by Crippen LogP contribution is -2.04. The number of phenols is 2. The van der Waals surface area contributed by atoms with Crippen LogP contribution in [0.5, 0.6) is 17.2 Å². The second kappa shape index (κ2) is 6.19. The highest BCUT2D eigenvalue weighted by molar-refractivity contribution is 6.15. The van der Waals surface area contributed by atoms with Crippen LogP contribution in [0, 0.1) is 0 Å². The molecule has 0 bridgehead atoms. The standard InChI is InChI=1S/C20H11F3O5/c21-20(22,23)11-3-1-2-10(8-11)15-7-4-12(27-15)9-16-17(25)13-5-6-14(24)18(26)19(13)28-16/h1-9,24,26H. The van der Waals surface area contributed by atoms with Gasteiger partial charge in [0.25, 0.3) is 0 Å². The Morgan fingerprint density at radius 2 is 1.79 bits per heavy atom. The summed E-state index contributed by atoms with van der Waals surface area (Å²) in [6.07, 6.45) is -3.22. The van der Waals surface area contributed by atoms with Gasteiger partial charge in [-0.25, -0.2) is 0 Å². The van der Waals surface area contributed by atoms with Crippen LogP contribution in [0.3, 0.4) is 0 Å². The van der Waals surface area contributed by atoms with Crippen molar-refractivity contribution in [2.75, 3.05) is 0 Å². The van der Waals surface area contributed by atoms with Crippen molar-refractivity contribution in [1.29, 1.82) is 0 Å². The Labute approximate surface area is 155 Å². The van der Waals surface area contributed by atoms with E-state index in [1.54, 1.807) is 0 Å². The first kappa shape index (κ1) is 17.7. The van der Waals surface area contributed by atoms with E-state index in [-0.39, 0.29) is 34.2 Å². The number of hydrogen-bond donors (Lipinski definition) is 2. The van der Waals surface area contributed by atoms with E-state index in [1.807, 2.05) is 0 Å². The fourth-order valence-corrected chi connectivity index (χ4v) is 2.79. The molecule has 2 heterocycles. The third-order valence-corrected chi connectivity index (χ3v) is 4.17. The van der Waals surface area contributed by atoms with Crippen molar-refractivity contribution in [3.63, 3.8) is 0 Å². The zero-order valence-electron chi connectivity index (χ0n) is 13.9. The van der Waals surface area contributed by atoms with Crippen LogP contribution >= 0.6 is 0 Å². The summed E-state index contributed by atoms with van der Waals surface area (Å²) in [5, 5.41) is 19.3. The molecule has 3 aromatic rings. The molecule has 0 saturated carbocycles. The molecule has 1 aromatic heterocycles. The summed E-state index contributed by atoms with van der Waals surface area (Å²) in [6, 6.07) is 10.1. The monoisotopic (exact) mass is 388 g/mol. The Morgan fingerprint density at radius 1 is 1.00 bits per heavy atom. The number of halogens is 3. The summed E-state index contributed by atoms with van der Waals surface area (Å²) in [6.45, 7) is 0. The fourth-order valence-electron chi connectivity index (χ4n) is 2.79. The van der Waals surface area contributed by atoms with E-state index in [4.69, 9.17) is 9.15 Å². The van der Waals surface area contributed by atoms with Crippen molar-refractivity contribution in [2.45, 2.75) is 6.18 Å². The molecule has 8 heteroatoms. The van der Waals surface area contributed by atoms with E-state index in [9.17, 15) is 28.2 Å². The zero-order chi connectivity index (χ0) is 20.1. The number of hydrogen-bond acceptors (Lipinski definition) is 5. The van der Waals surface area contributed by atoms with Crippen molar-refractivity contribution in [1.82, 2.24) is 0 Å². The van der Waals surface area contributed by atoms with Gasteiger partial charge in [-0.3, -0.25) is 4.79 Å². The summed E-state index contributed by atoms with van der Waals surface area (Å²) in [4.78, 5) is 12.3. The maximum Gasteiger partial charge on any atom is 0.416 e. The average molecular weight is 388 g/mol. The maximum absolute atomic E-state index is 12.9. The molecule has 0 saturated heterocycles.